The number of rotatable bonds is 7. The van der Waals surface area contributed by atoms with Gasteiger partial charge < -0.3 is 15.2 Å². The second kappa shape index (κ2) is 8.63. The van der Waals surface area contributed by atoms with Gasteiger partial charge in [-0.05, 0) is 41.3 Å². The Hall–Kier alpha value is -4.19. The highest BCUT2D eigenvalue weighted by molar-refractivity contribution is 6.14. The Morgan fingerprint density at radius 3 is 2.59 bits per heavy atom. The van der Waals surface area contributed by atoms with Gasteiger partial charge in [0.05, 0.1) is 0 Å². The van der Waals surface area contributed by atoms with Crippen molar-refractivity contribution in [3.63, 3.8) is 0 Å². The molecule has 1 saturated heterocycles. The van der Waals surface area contributed by atoms with Crippen molar-refractivity contribution in [1.82, 2.24) is 15.2 Å². The first kappa shape index (κ1) is 21.6. The maximum Gasteiger partial charge on any atom is 0.255 e. The van der Waals surface area contributed by atoms with Crippen molar-refractivity contribution < 1.29 is 14.0 Å². The Kier molecular flexibility index (Phi) is 5.49. The number of nitrogens with zero attached hydrogens (tertiary/aromatic N) is 1. The fourth-order valence-electron chi connectivity index (χ4n) is 4.78. The average molecular weight is 454 g/mol. The fourth-order valence-corrected chi connectivity index (χ4v) is 4.78. The summed E-state index contributed by atoms with van der Waals surface area (Å²) >= 11 is 0. The first-order chi connectivity index (χ1) is 16.5. The minimum Gasteiger partial charge on any atom is -0.361 e. The van der Waals surface area contributed by atoms with E-state index in [-0.39, 0.29) is 29.7 Å². The van der Waals surface area contributed by atoms with Crippen LogP contribution >= 0.6 is 0 Å². The smallest absolute Gasteiger partial charge is 0.255 e. The second-order valence-corrected chi connectivity index (χ2v) is 8.43. The van der Waals surface area contributed by atoms with Crippen LogP contribution in [0.3, 0.4) is 0 Å². The van der Waals surface area contributed by atoms with Crippen molar-refractivity contribution in [3.05, 3.63) is 120 Å². The molecule has 170 valence electrons. The van der Waals surface area contributed by atoms with Gasteiger partial charge in [0.25, 0.3) is 11.8 Å². The summed E-state index contributed by atoms with van der Waals surface area (Å²) in [7, 11) is 0. The number of β-lactam (4-membered cyclic amide) rings is 1. The maximum atomic E-state index is 13.7. The molecule has 0 spiro atoms. The van der Waals surface area contributed by atoms with Crippen LogP contribution in [0, 0.1) is 5.82 Å². The summed E-state index contributed by atoms with van der Waals surface area (Å²) in [4.78, 5) is 31.5. The molecule has 1 fully saturated rings. The number of carbonyl (C=O) groups excluding carboxylic acids is 2. The molecular weight excluding hydrogens is 429 g/mol. The van der Waals surface area contributed by atoms with Crippen LogP contribution in [-0.2, 0) is 28.1 Å². The number of aromatic nitrogens is 1. The van der Waals surface area contributed by atoms with Crippen LogP contribution in [0.25, 0.3) is 10.9 Å². The summed E-state index contributed by atoms with van der Waals surface area (Å²) in [6.45, 7) is 4.48. The lowest BCUT2D eigenvalue weighted by atomic mass is 9.72. The summed E-state index contributed by atoms with van der Waals surface area (Å²) in [5.74, 6) is -0.968. The number of hydrogen-bond acceptors (Lipinski definition) is 2. The largest absolute Gasteiger partial charge is 0.361 e. The predicted molar refractivity (Wildman–Crippen MR) is 129 cm³/mol. The van der Waals surface area contributed by atoms with E-state index in [9.17, 15) is 14.0 Å². The van der Waals surface area contributed by atoms with E-state index in [1.165, 1.54) is 12.1 Å². The highest BCUT2D eigenvalue weighted by Gasteiger charge is 2.60. The number of aromatic amines is 1. The lowest BCUT2D eigenvalue weighted by Crippen LogP contribution is -2.69. The number of halogens is 1. The van der Waals surface area contributed by atoms with Gasteiger partial charge in [-0.2, -0.15) is 0 Å². The number of benzene rings is 3. The van der Waals surface area contributed by atoms with Gasteiger partial charge in [-0.25, -0.2) is 4.39 Å². The third-order valence-electron chi connectivity index (χ3n) is 6.49. The van der Waals surface area contributed by atoms with E-state index in [0.717, 1.165) is 16.5 Å². The zero-order valence-corrected chi connectivity index (χ0v) is 18.6. The van der Waals surface area contributed by atoms with Crippen molar-refractivity contribution >= 4 is 22.7 Å². The number of H-pyrrole nitrogens is 1. The SMILES string of the molecule is C=C1C(=O)N(CCc2c[nH]c3ccccc23)C1(C(=O)NCc1cccc(F)c1)c1ccccc1. The monoisotopic (exact) mass is 453 g/mol. The van der Waals surface area contributed by atoms with Gasteiger partial charge in [0, 0.05) is 35.8 Å². The van der Waals surface area contributed by atoms with Gasteiger partial charge in [0.2, 0.25) is 0 Å². The summed E-state index contributed by atoms with van der Waals surface area (Å²) < 4.78 is 13.6. The highest BCUT2D eigenvalue weighted by atomic mass is 19.1. The maximum absolute atomic E-state index is 13.7. The van der Waals surface area contributed by atoms with Crippen LogP contribution in [0.15, 0.2) is 97.2 Å². The third-order valence-corrected chi connectivity index (χ3v) is 6.49. The first-order valence-corrected chi connectivity index (χ1v) is 11.2. The van der Waals surface area contributed by atoms with Crippen molar-refractivity contribution in [1.29, 1.82) is 0 Å². The van der Waals surface area contributed by atoms with Crippen LogP contribution in [0.5, 0.6) is 0 Å². The van der Waals surface area contributed by atoms with Crippen molar-refractivity contribution in [2.24, 2.45) is 0 Å². The number of likely N-dealkylation sites (tertiary alicyclic amines) is 1. The quantitative estimate of drug-likeness (QED) is 0.321. The highest BCUT2D eigenvalue weighted by Crippen LogP contribution is 2.45. The molecular formula is C28H24FN3O2. The molecule has 3 aromatic carbocycles. The molecule has 2 amide bonds. The van der Waals surface area contributed by atoms with Gasteiger partial charge in [-0.15, -0.1) is 0 Å². The Balaban J connectivity index is 1.45. The molecule has 0 aliphatic carbocycles. The number of fused-ring (bicyclic) bond motifs is 1. The molecule has 1 aliphatic rings. The van der Waals surface area contributed by atoms with E-state index in [1.54, 1.807) is 17.0 Å². The van der Waals surface area contributed by atoms with E-state index in [4.69, 9.17) is 0 Å². The Morgan fingerprint density at radius 1 is 1.03 bits per heavy atom. The standard InChI is InChI=1S/C28H24FN3O2/c1-19-26(33)32(15-14-21-18-30-25-13-6-5-12-24(21)25)28(19,22-9-3-2-4-10-22)27(34)31-17-20-8-7-11-23(29)16-20/h2-13,16,18,30H,1,14-15,17H2,(H,31,34). The number of nitrogens with one attached hydrogen (secondary N) is 2. The molecule has 2 N–H and O–H groups in total. The number of para-hydroxylation sites is 1. The molecule has 5 nitrogen and oxygen atoms in total. The van der Waals surface area contributed by atoms with E-state index >= 15 is 0 Å². The molecule has 1 aliphatic heterocycles. The fraction of sp³-hybridized carbons (Fsp3) is 0.143. The van der Waals surface area contributed by atoms with Gasteiger partial charge in [-0.1, -0.05) is 67.2 Å². The molecule has 1 aromatic heterocycles. The van der Waals surface area contributed by atoms with Crippen LogP contribution in [0.2, 0.25) is 0 Å². The summed E-state index contributed by atoms with van der Waals surface area (Å²) in [5, 5.41) is 4.00. The first-order valence-electron chi connectivity index (χ1n) is 11.2. The van der Waals surface area contributed by atoms with Gasteiger partial charge in [0.15, 0.2) is 5.54 Å². The predicted octanol–water partition coefficient (Wildman–Crippen LogP) is 4.46. The van der Waals surface area contributed by atoms with E-state index < -0.39 is 5.54 Å². The Morgan fingerprint density at radius 2 is 1.79 bits per heavy atom. The average Bonchev–Trinajstić information content (AvgIpc) is 3.28. The van der Waals surface area contributed by atoms with E-state index in [0.29, 0.717) is 24.1 Å². The van der Waals surface area contributed by atoms with Crippen LogP contribution in [0.4, 0.5) is 4.39 Å². The Labute approximate surface area is 196 Å². The van der Waals surface area contributed by atoms with Crippen LogP contribution in [-0.4, -0.2) is 28.2 Å². The molecule has 34 heavy (non-hydrogen) atoms. The summed E-state index contributed by atoms with van der Waals surface area (Å²) in [6.07, 6.45) is 2.52. The molecule has 1 atom stereocenters. The third kappa shape index (κ3) is 3.48. The summed E-state index contributed by atoms with van der Waals surface area (Å²) in [6, 6.07) is 23.3. The van der Waals surface area contributed by atoms with Crippen LogP contribution < -0.4 is 5.32 Å². The topological polar surface area (TPSA) is 65.2 Å². The van der Waals surface area contributed by atoms with Crippen LogP contribution in [0.1, 0.15) is 16.7 Å². The summed E-state index contributed by atoms with van der Waals surface area (Å²) in [5.41, 5.74) is 2.34. The minimum absolute atomic E-state index is 0.142. The molecule has 0 radical (unpaired) electrons. The van der Waals surface area contributed by atoms with Crippen molar-refractivity contribution in [2.75, 3.05) is 6.54 Å². The van der Waals surface area contributed by atoms with Gasteiger partial charge in [-0.3, -0.25) is 9.59 Å². The normalized spacial score (nSPS) is 17.6. The lowest BCUT2D eigenvalue weighted by Gasteiger charge is -2.52. The van der Waals surface area contributed by atoms with Crippen molar-refractivity contribution in [3.8, 4) is 0 Å². The lowest BCUT2D eigenvalue weighted by molar-refractivity contribution is -0.156. The molecule has 0 saturated carbocycles. The molecule has 4 aromatic rings. The number of amides is 2. The molecule has 2 heterocycles. The zero-order valence-electron chi connectivity index (χ0n) is 18.6. The van der Waals surface area contributed by atoms with Gasteiger partial charge >= 0.3 is 0 Å². The minimum atomic E-state index is -1.31. The number of hydrogen-bond donors (Lipinski definition) is 2. The molecule has 6 heteroatoms. The zero-order chi connectivity index (χ0) is 23.7. The number of carbonyl (C=O) groups is 2. The Bertz CT molecular complexity index is 1400. The van der Waals surface area contributed by atoms with Gasteiger partial charge in [0.1, 0.15) is 5.82 Å². The molecule has 5 rings (SSSR count). The van der Waals surface area contributed by atoms with E-state index in [1.807, 2.05) is 60.8 Å². The van der Waals surface area contributed by atoms with Crippen molar-refractivity contribution in [2.45, 2.75) is 18.5 Å². The second-order valence-electron chi connectivity index (χ2n) is 8.43. The molecule has 0 bridgehead atoms. The van der Waals surface area contributed by atoms with E-state index in [2.05, 4.69) is 16.9 Å². The molecule has 1 unspecified atom stereocenters.